The molecule has 0 aromatic rings. The Bertz CT molecular complexity index is 177. The van der Waals surface area contributed by atoms with Gasteiger partial charge in [-0.1, -0.05) is 45.4 Å². The van der Waals surface area contributed by atoms with Crippen LogP contribution in [-0.4, -0.2) is 29.6 Å². The summed E-state index contributed by atoms with van der Waals surface area (Å²) in [4.78, 5) is 2.67. The van der Waals surface area contributed by atoms with Crippen molar-refractivity contribution < 1.29 is 0 Å². The van der Waals surface area contributed by atoms with E-state index in [1.54, 1.807) is 0 Å². The van der Waals surface area contributed by atoms with Gasteiger partial charge in [0.05, 0.1) is 0 Å². The Labute approximate surface area is 111 Å². The van der Waals surface area contributed by atoms with E-state index < -0.39 is 0 Å². The van der Waals surface area contributed by atoms with Gasteiger partial charge >= 0.3 is 0 Å². The first-order valence-corrected chi connectivity index (χ1v) is 7.85. The predicted molar refractivity (Wildman–Crippen MR) is 76.5 cm³/mol. The van der Waals surface area contributed by atoms with Gasteiger partial charge in [-0.05, 0) is 11.8 Å². The van der Waals surface area contributed by atoms with Gasteiger partial charge in [-0.2, -0.15) is 0 Å². The Hall–Kier alpha value is 0.600. The molecule has 2 fully saturated rings. The van der Waals surface area contributed by atoms with Gasteiger partial charge in [0.25, 0.3) is 0 Å². The summed E-state index contributed by atoms with van der Waals surface area (Å²) < 4.78 is 0. The lowest BCUT2D eigenvalue weighted by molar-refractivity contribution is 0.182. The van der Waals surface area contributed by atoms with E-state index in [2.05, 4.69) is 23.6 Å². The largest absolute Gasteiger partial charge is 0.293 e. The van der Waals surface area contributed by atoms with Gasteiger partial charge in [0.15, 0.2) is 0 Å². The maximum Gasteiger partial charge on any atom is 0.0445 e. The van der Waals surface area contributed by atoms with Crippen LogP contribution in [-0.2, 0) is 0 Å². The lowest BCUT2D eigenvalue weighted by Crippen LogP contribution is -2.31. The second kappa shape index (κ2) is 7.84. The first kappa shape index (κ1) is 14.7. The van der Waals surface area contributed by atoms with Crippen molar-refractivity contribution in [3.8, 4) is 0 Å². The zero-order valence-corrected chi connectivity index (χ0v) is 12.1. The Morgan fingerprint density at radius 1 is 1.25 bits per heavy atom. The third kappa shape index (κ3) is 4.12. The molecule has 0 aromatic carbocycles. The summed E-state index contributed by atoms with van der Waals surface area (Å²) in [7, 11) is 0. The quantitative estimate of drug-likeness (QED) is 0.754. The molecule has 1 heterocycles. The minimum Gasteiger partial charge on any atom is -0.293 e. The molecule has 1 unspecified atom stereocenters. The molecule has 2 rings (SSSR count). The molecule has 0 spiro atoms. The lowest BCUT2D eigenvalue weighted by atomic mass is 9.78. The molecule has 1 saturated carbocycles. The minimum absolute atomic E-state index is 0. The molecule has 0 amide bonds. The van der Waals surface area contributed by atoms with Crippen LogP contribution in [0.5, 0.6) is 0 Å². The number of nitrogens with zero attached hydrogens (tertiary/aromatic N) is 1. The molecule has 1 nitrogen and oxygen atoms in total. The molecule has 0 radical (unpaired) electrons. The fourth-order valence-electron chi connectivity index (χ4n) is 3.14. The van der Waals surface area contributed by atoms with Gasteiger partial charge < -0.3 is 0 Å². The predicted octanol–water partition coefficient (Wildman–Crippen LogP) is 4.02. The average molecular weight is 264 g/mol. The van der Waals surface area contributed by atoms with E-state index in [0.29, 0.717) is 0 Å². The molecule has 1 saturated heterocycles. The summed E-state index contributed by atoms with van der Waals surface area (Å²) in [6, 6.07) is 0. The average Bonchev–Trinajstić information content (AvgIpc) is 2.80. The highest BCUT2D eigenvalue weighted by Gasteiger charge is 2.25. The number of halogens is 1. The first-order valence-electron chi connectivity index (χ1n) is 6.70. The maximum atomic E-state index is 2.67. The molecule has 0 aromatic heterocycles. The summed E-state index contributed by atoms with van der Waals surface area (Å²) >= 11 is 2.11. The molecule has 1 atom stereocenters. The number of hydrogen-bond donors (Lipinski definition) is 0. The third-order valence-electron chi connectivity index (χ3n) is 4.16. The van der Waals surface area contributed by atoms with Crippen molar-refractivity contribution >= 4 is 24.2 Å². The Morgan fingerprint density at radius 2 is 2.00 bits per heavy atom. The molecular weight excluding hydrogens is 238 g/mol. The van der Waals surface area contributed by atoms with Crippen molar-refractivity contribution in [1.29, 1.82) is 0 Å². The van der Waals surface area contributed by atoms with Crippen LogP contribution < -0.4 is 0 Å². The van der Waals surface area contributed by atoms with E-state index in [1.165, 1.54) is 63.2 Å². The Balaban J connectivity index is 0.00000128. The monoisotopic (exact) mass is 263 g/mol. The fourth-order valence-corrected chi connectivity index (χ4v) is 4.15. The van der Waals surface area contributed by atoms with Crippen LogP contribution in [0.3, 0.4) is 0 Å². The second-order valence-electron chi connectivity index (χ2n) is 5.18. The van der Waals surface area contributed by atoms with E-state index in [4.69, 9.17) is 0 Å². The molecule has 96 valence electrons. The topological polar surface area (TPSA) is 3.24 Å². The zero-order valence-electron chi connectivity index (χ0n) is 10.5. The molecular formula is C13H26ClNS. The van der Waals surface area contributed by atoms with Crippen molar-refractivity contribution in [1.82, 2.24) is 4.90 Å². The standard InChI is InChI=1S/C13H25NS.ClH/c1-2-12(10-14-8-9-15-11-14)13-6-4-3-5-7-13;/h12-13H,2-11H2,1H3;1H. The molecule has 0 bridgehead atoms. The van der Waals surface area contributed by atoms with E-state index >= 15 is 0 Å². The number of rotatable bonds is 4. The van der Waals surface area contributed by atoms with E-state index in [0.717, 1.165) is 11.8 Å². The van der Waals surface area contributed by atoms with Gasteiger partial charge in [-0.3, -0.25) is 4.90 Å². The highest BCUT2D eigenvalue weighted by molar-refractivity contribution is 7.99. The molecule has 16 heavy (non-hydrogen) atoms. The SMILES string of the molecule is CCC(CN1CCSC1)C1CCCCC1.Cl. The maximum absolute atomic E-state index is 2.67. The highest BCUT2D eigenvalue weighted by Crippen LogP contribution is 2.32. The van der Waals surface area contributed by atoms with Crippen LogP contribution in [0.15, 0.2) is 0 Å². The van der Waals surface area contributed by atoms with Gasteiger partial charge in [-0.15, -0.1) is 24.2 Å². The van der Waals surface area contributed by atoms with Gasteiger partial charge in [0.1, 0.15) is 0 Å². The van der Waals surface area contributed by atoms with Crippen LogP contribution in [0.4, 0.5) is 0 Å². The van der Waals surface area contributed by atoms with E-state index in [1.807, 2.05) is 0 Å². The summed E-state index contributed by atoms with van der Waals surface area (Å²) in [6.07, 6.45) is 8.91. The zero-order chi connectivity index (χ0) is 10.5. The summed E-state index contributed by atoms with van der Waals surface area (Å²) in [5, 5.41) is 0. The molecule has 2 aliphatic rings. The van der Waals surface area contributed by atoms with Gasteiger partial charge in [0, 0.05) is 24.7 Å². The van der Waals surface area contributed by atoms with Crippen molar-refractivity contribution in [2.24, 2.45) is 11.8 Å². The number of hydrogen-bond acceptors (Lipinski definition) is 2. The molecule has 3 heteroatoms. The smallest absolute Gasteiger partial charge is 0.0445 e. The first-order chi connectivity index (χ1) is 7.40. The van der Waals surface area contributed by atoms with Crippen LogP contribution >= 0.6 is 24.2 Å². The van der Waals surface area contributed by atoms with Gasteiger partial charge in [-0.25, -0.2) is 0 Å². The Morgan fingerprint density at radius 3 is 2.56 bits per heavy atom. The number of thioether (sulfide) groups is 1. The van der Waals surface area contributed by atoms with Crippen molar-refractivity contribution in [2.75, 3.05) is 24.7 Å². The van der Waals surface area contributed by atoms with Gasteiger partial charge in [0.2, 0.25) is 0 Å². The van der Waals surface area contributed by atoms with Crippen LogP contribution in [0.25, 0.3) is 0 Å². The lowest BCUT2D eigenvalue weighted by Gasteiger charge is -2.32. The summed E-state index contributed by atoms with van der Waals surface area (Å²) in [6.45, 7) is 5.12. The summed E-state index contributed by atoms with van der Waals surface area (Å²) in [5.41, 5.74) is 0. The van der Waals surface area contributed by atoms with Crippen molar-refractivity contribution in [3.05, 3.63) is 0 Å². The van der Waals surface area contributed by atoms with Crippen molar-refractivity contribution in [3.63, 3.8) is 0 Å². The van der Waals surface area contributed by atoms with E-state index in [-0.39, 0.29) is 12.4 Å². The van der Waals surface area contributed by atoms with E-state index in [9.17, 15) is 0 Å². The minimum atomic E-state index is 0. The van der Waals surface area contributed by atoms with Crippen molar-refractivity contribution in [2.45, 2.75) is 45.4 Å². The second-order valence-corrected chi connectivity index (χ2v) is 6.26. The molecule has 0 N–H and O–H groups in total. The van der Waals surface area contributed by atoms with Crippen LogP contribution in [0, 0.1) is 11.8 Å². The fraction of sp³-hybridized carbons (Fsp3) is 1.00. The Kier molecular flexibility index (Phi) is 7.18. The molecule has 1 aliphatic carbocycles. The third-order valence-corrected chi connectivity index (χ3v) is 5.18. The molecule has 1 aliphatic heterocycles. The normalized spacial score (nSPS) is 25.3. The van der Waals surface area contributed by atoms with Crippen LogP contribution in [0.2, 0.25) is 0 Å². The summed E-state index contributed by atoms with van der Waals surface area (Å²) in [5.74, 6) is 4.70. The highest BCUT2D eigenvalue weighted by atomic mass is 35.5. The van der Waals surface area contributed by atoms with Crippen LogP contribution in [0.1, 0.15) is 45.4 Å².